The first-order valence-corrected chi connectivity index (χ1v) is 7.69. The van der Waals surface area contributed by atoms with E-state index in [-0.39, 0.29) is 11.2 Å². The number of rotatable bonds is 4. The number of hydrogen-bond donors (Lipinski definition) is 1. The molecule has 3 heterocycles. The second-order valence-electron chi connectivity index (χ2n) is 5.84. The Hall–Kier alpha value is -2.14. The molecule has 0 aromatic carbocycles. The summed E-state index contributed by atoms with van der Waals surface area (Å²) in [6, 6.07) is 7.27. The van der Waals surface area contributed by atoms with Gasteiger partial charge in [0.25, 0.3) is 0 Å². The van der Waals surface area contributed by atoms with Crippen LogP contribution in [-0.2, 0) is 13.1 Å². The zero-order valence-corrected chi connectivity index (χ0v) is 12.8. The van der Waals surface area contributed by atoms with Crippen LogP contribution in [0.15, 0.2) is 35.3 Å². The minimum Gasteiger partial charge on any atom is -0.503 e. The number of pyridine rings is 2. The monoisotopic (exact) mass is 299 g/mol. The molecule has 1 N–H and O–H groups in total. The van der Waals surface area contributed by atoms with Crippen LogP contribution in [0, 0.1) is 6.92 Å². The summed E-state index contributed by atoms with van der Waals surface area (Å²) in [7, 11) is 0. The molecule has 1 saturated heterocycles. The summed E-state index contributed by atoms with van der Waals surface area (Å²) in [5.41, 5.74) is 2.15. The molecule has 0 spiro atoms. The lowest BCUT2D eigenvalue weighted by atomic mass is 10.2. The zero-order valence-electron chi connectivity index (χ0n) is 12.8. The minimum absolute atomic E-state index is 0.131. The van der Waals surface area contributed by atoms with Crippen molar-refractivity contribution < 1.29 is 5.11 Å². The van der Waals surface area contributed by atoms with Gasteiger partial charge in [0, 0.05) is 24.5 Å². The summed E-state index contributed by atoms with van der Waals surface area (Å²) in [6.45, 7) is 5.10. The Bertz CT molecular complexity index is 704. The highest BCUT2D eigenvalue weighted by Crippen LogP contribution is 2.20. The van der Waals surface area contributed by atoms with E-state index in [4.69, 9.17) is 0 Å². The number of likely N-dealkylation sites (tertiary alicyclic amines) is 1. The van der Waals surface area contributed by atoms with Crippen LogP contribution in [0.5, 0.6) is 5.75 Å². The number of aryl methyl sites for hydroxylation is 1. The molecule has 0 unspecified atom stereocenters. The zero-order chi connectivity index (χ0) is 15.5. The summed E-state index contributed by atoms with van der Waals surface area (Å²) in [4.78, 5) is 18.6. The summed E-state index contributed by atoms with van der Waals surface area (Å²) >= 11 is 0. The average molecular weight is 299 g/mol. The highest BCUT2D eigenvalue weighted by atomic mass is 16.3. The van der Waals surface area contributed by atoms with Crippen LogP contribution in [-0.4, -0.2) is 32.6 Å². The van der Waals surface area contributed by atoms with Crippen LogP contribution in [0.1, 0.15) is 29.9 Å². The van der Waals surface area contributed by atoms with Gasteiger partial charge < -0.3 is 9.67 Å². The first-order chi connectivity index (χ1) is 10.6. The predicted octanol–water partition coefficient (Wildman–Crippen LogP) is 1.90. The quantitative estimate of drug-likeness (QED) is 0.937. The van der Waals surface area contributed by atoms with Crippen LogP contribution in [0.25, 0.3) is 0 Å². The molecule has 5 heteroatoms. The van der Waals surface area contributed by atoms with E-state index in [1.807, 2.05) is 29.7 Å². The molecule has 1 aliphatic rings. The summed E-state index contributed by atoms with van der Waals surface area (Å²) in [5.74, 6) is -0.131. The van der Waals surface area contributed by atoms with E-state index in [2.05, 4.69) is 9.88 Å². The summed E-state index contributed by atoms with van der Waals surface area (Å²) in [6.07, 6.45) is 4.11. The number of hydrogen-bond acceptors (Lipinski definition) is 4. The van der Waals surface area contributed by atoms with Crippen LogP contribution in [0.4, 0.5) is 0 Å². The second kappa shape index (κ2) is 6.32. The van der Waals surface area contributed by atoms with Crippen LogP contribution in [0.3, 0.4) is 0 Å². The second-order valence-corrected chi connectivity index (χ2v) is 5.84. The van der Waals surface area contributed by atoms with E-state index < -0.39 is 0 Å². The van der Waals surface area contributed by atoms with E-state index in [1.165, 1.54) is 18.9 Å². The fourth-order valence-electron chi connectivity index (χ4n) is 3.01. The van der Waals surface area contributed by atoms with Crippen molar-refractivity contribution in [3.63, 3.8) is 0 Å². The van der Waals surface area contributed by atoms with Crippen LogP contribution < -0.4 is 5.43 Å². The standard InChI is InChI=1S/C17H21N3O2/c1-13-10-16(21)17(22)15(12-19-8-4-5-9-19)20(13)11-14-6-2-3-7-18-14/h2-3,6-7,10,22H,4-5,8-9,11-12H2,1H3. The summed E-state index contributed by atoms with van der Waals surface area (Å²) in [5, 5.41) is 10.3. The van der Waals surface area contributed by atoms with Gasteiger partial charge in [-0.2, -0.15) is 0 Å². The van der Waals surface area contributed by atoms with Gasteiger partial charge in [0.1, 0.15) is 0 Å². The largest absolute Gasteiger partial charge is 0.503 e. The molecule has 2 aromatic heterocycles. The molecular weight excluding hydrogens is 278 g/mol. The first-order valence-electron chi connectivity index (χ1n) is 7.69. The summed E-state index contributed by atoms with van der Waals surface area (Å²) < 4.78 is 2.00. The molecule has 0 saturated carbocycles. The lowest BCUT2D eigenvalue weighted by molar-refractivity contribution is 0.310. The van der Waals surface area contributed by atoms with Crippen LogP contribution >= 0.6 is 0 Å². The number of aromatic nitrogens is 2. The third-order valence-corrected chi connectivity index (χ3v) is 4.22. The Kier molecular flexibility index (Phi) is 4.24. The number of nitrogens with zero attached hydrogens (tertiary/aromatic N) is 3. The molecule has 0 bridgehead atoms. The van der Waals surface area contributed by atoms with E-state index in [1.54, 1.807) is 6.20 Å². The molecule has 0 amide bonds. The van der Waals surface area contributed by atoms with Crippen molar-refractivity contribution in [1.29, 1.82) is 0 Å². The van der Waals surface area contributed by atoms with Crippen molar-refractivity contribution in [2.45, 2.75) is 32.9 Å². The van der Waals surface area contributed by atoms with Crippen molar-refractivity contribution >= 4 is 0 Å². The lowest BCUT2D eigenvalue weighted by Crippen LogP contribution is -2.25. The Morgan fingerprint density at radius 1 is 1.23 bits per heavy atom. The molecule has 22 heavy (non-hydrogen) atoms. The highest BCUT2D eigenvalue weighted by molar-refractivity contribution is 5.30. The van der Waals surface area contributed by atoms with Crippen molar-refractivity contribution in [1.82, 2.24) is 14.5 Å². The average Bonchev–Trinajstić information content (AvgIpc) is 3.02. The van der Waals surface area contributed by atoms with Gasteiger partial charge in [0.15, 0.2) is 5.75 Å². The molecule has 0 aliphatic carbocycles. The third-order valence-electron chi connectivity index (χ3n) is 4.22. The molecule has 0 atom stereocenters. The molecule has 5 nitrogen and oxygen atoms in total. The Morgan fingerprint density at radius 2 is 2.00 bits per heavy atom. The fraction of sp³-hybridized carbons (Fsp3) is 0.412. The Morgan fingerprint density at radius 3 is 2.68 bits per heavy atom. The molecule has 1 aliphatic heterocycles. The SMILES string of the molecule is Cc1cc(=O)c(O)c(CN2CCCC2)n1Cc1ccccn1. The van der Waals surface area contributed by atoms with Gasteiger partial charge in [-0.1, -0.05) is 6.07 Å². The van der Waals surface area contributed by atoms with Gasteiger partial charge in [-0.05, 0) is 45.0 Å². The van der Waals surface area contributed by atoms with E-state index in [0.29, 0.717) is 18.8 Å². The van der Waals surface area contributed by atoms with Crippen molar-refractivity contribution in [3.8, 4) is 5.75 Å². The maximum absolute atomic E-state index is 11.9. The van der Waals surface area contributed by atoms with Gasteiger partial charge >= 0.3 is 0 Å². The minimum atomic E-state index is -0.302. The smallest absolute Gasteiger partial charge is 0.223 e. The Balaban J connectivity index is 1.99. The van der Waals surface area contributed by atoms with Gasteiger partial charge in [0.05, 0.1) is 17.9 Å². The predicted molar refractivity (Wildman–Crippen MR) is 85.0 cm³/mol. The molecule has 1 fully saturated rings. The van der Waals surface area contributed by atoms with Crippen LogP contribution in [0.2, 0.25) is 0 Å². The molecule has 0 radical (unpaired) electrons. The lowest BCUT2D eigenvalue weighted by Gasteiger charge is -2.22. The normalized spacial score (nSPS) is 15.3. The van der Waals surface area contributed by atoms with Gasteiger partial charge in [-0.15, -0.1) is 0 Å². The fourth-order valence-corrected chi connectivity index (χ4v) is 3.01. The first kappa shape index (κ1) is 14.8. The molecule has 2 aromatic rings. The maximum atomic E-state index is 11.9. The van der Waals surface area contributed by atoms with Crippen molar-refractivity contribution in [3.05, 3.63) is 57.8 Å². The Labute approximate surface area is 129 Å². The van der Waals surface area contributed by atoms with E-state index >= 15 is 0 Å². The molecule has 116 valence electrons. The van der Waals surface area contributed by atoms with E-state index in [0.717, 1.165) is 24.5 Å². The van der Waals surface area contributed by atoms with Gasteiger partial charge in [-0.25, -0.2) is 0 Å². The number of aromatic hydroxyl groups is 1. The maximum Gasteiger partial charge on any atom is 0.223 e. The van der Waals surface area contributed by atoms with Gasteiger partial charge in [-0.3, -0.25) is 14.7 Å². The van der Waals surface area contributed by atoms with Crippen molar-refractivity contribution in [2.75, 3.05) is 13.1 Å². The topological polar surface area (TPSA) is 58.4 Å². The van der Waals surface area contributed by atoms with Crippen molar-refractivity contribution in [2.24, 2.45) is 0 Å². The van der Waals surface area contributed by atoms with Gasteiger partial charge in [0.2, 0.25) is 5.43 Å². The third kappa shape index (κ3) is 3.04. The molecule has 3 rings (SSSR count). The molecular formula is C17H21N3O2. The highest BCUT2D eigenvalue weighted by Gasteiger charge is 2.19. The van der Waals surface area contributed by atoms with E-state index in [9.17, 15) is 9.90 Å².